The van der Waals surface area contributed by atoms with Crippen LogP contribution in [0, 0.1) is 6.92 Å². The molecule has 104 valence electrons. The summed E-state index contributed by atoms with van der Waals surface area (Å²) in [5.41, 5.74) is 1.06. The van der Waals surface area contributed by atoms with Gasteiger partial charge in [0, 0.05) is 25.7 Å². The summed E-state index contributed by atoms with van der Waals surface area (Å²) in [7, 11) is 2.09. The van der Waals surface area contributed by atoms with E-state index in [0.29, 0.717) is 0 Å². The Morgan fingerprint density at radius 1 is 1.37 bits per heavy atom. The number of nitrogens with zero attached hydrogens (tertiary/aromatic N) is 2. The number of ether oxygens (including phenoxy) is 1. The zero-order valence-corrected chi connectivity index (χ0v) is 11.9. The van der Waals surface area contributed by atoms with Gasteiger partial charge in [-0.3, -0.25) is 4.79 Å². The number of piperazine rings is 1. The molecule has 0 spiro atoms. The van der Waals surface area contributed by atoms with Crippen molar-refractivity contribution in [1.82, 2.24) is 9.80 Å². The van der Waals surface area contributed by atoms with Crippen molar-refractivity contribution in [2.75, 3.05) is 33.3 Å². The van der Waals surface area contributed by atoms with Crippen LogP contribution in [0.15, 0.2) is 24.3 Å². The van der Waals surface area contributed by atoms with Crippen molar-refractivity contribution in [3.05, 3.63) is 29.8 Å². The molecule has 1 amide bonds. The number of carbonyl (C=O) groups excluding carboxylic acids is 1. The smallest absolute Gasteiger partial charge is 0.260 e. The van der Waals surface area contributed by atoms with Crippen LogP contribution >= 0.6 is 0 Å². The van der Waals surface area contributed by atoms with Crippen LogP contribution in [0.3, 0.4) is 0 Å². The number of benzene rings is 1. The molecule has 0 aliphatic carbocycles. The monoisotopic (exact) mass is 262 g/mol. The van der Waals surface area contributed by atoms with E-state index < -0.39 is 0 Å². The fourth-order valence-electron chi connectivity index (χ4n) is 2.45. The zero-order chi connectivity index (χ0) is 13.8. The van der Waals surface area contributed by atoms with Crippen LogP contribution in [0.25, 0.3) is 0 Å². The Labute approximate surface area is 115 Å². The number of hydrogen-bond donors (Lipinski definition) is 0. The van der Waals surface area contributed by atoms with Gasteiger partial charge in [0.25, 0.3) is 5.91 Å². The molecule has 1 aliphatic rings. The van der Waals surface area contributed by atoms with E-state index >= 15 is 0 Å². The van der Waals surface area contributed by atoms with Crippen LogP contribution in [0.1, 0.15) is 12.5 Å². The summed E-state index contributed by atoms with van der Waals surface area (Å²) in [5, 5.41) is 0. The van der Waals surface area contributed by atoms with Gasteiger partial charge in [-0.2, -0.15) is 0 Å². The van der Waals surface area contributed by atoms with Crippen LogP contribution in [-0.4, -0.2) is 55.0 Å². The van der Waals surface area contributed by atoms with Crippen LogP contribution in [0.5, 0.6) is 5.75 Å². The molecule has 2 rings (SSSR count). The van der Waals surface area contributed by atoms with Gasteiger partial charge in [0.2, 0.25) is 0 Å². The number of para-hydroxylation sites is 1. The molecule has 1 fully saturated rings. The molecule has 19 heavy (non-hydrogen) atoms. The second-order valence-corrected chi connectivity index (χ2v) is 5.25. The number of carbonyl (C=O) groups is 1. The van der Waals surface area contributed by atoms with Crippen molar-refractivity contribution in [1.29, 1.82) is 0 Å². The van der Waals surface area contributed by atoms with E-state index in [1.165, 1.54) is 0 Å². The Morgan fingerprint density at radius 2 is 2.11 bits per heavy atom. The maximum Gasteiger partial charge on any atom is 0.260 e. The minimum atomic E-state index is 0.0730. The average Bonchev–Trinajstić information content (AvgIpc) is 2.37. The van der Waals surface area contributed by atoms with Gasteiger partial charge in [-0.1, -0.05) is 18.2 Å². The zero-order valence-electron chi connectivity index (χ0n) is 11.9. The second kappa shape index (κ2) is 6.06. The first-order chi connectivity index (χ1) is 9.08. The van der Waals surface area contributed by atoms with Crippen molar-refractivity contribution in [2.24, 2.45) is 0 Å². The molecule has 0 N–H and O–H groups in total. The van der Waals surface area contributed by atoms with E-state index in [1.807, 2.05) is 36.1 Å². The van der Waals surface area contributed by atoms with E-state index in [0.717, 1.165) is 30.9 Å². The van der Waals surface area contributed by atoms with Crippen molar-refractivity contribution >= 4 is 5.91 Å². The molecule has 0 aromatic heterocycles. The summed E-state index contributed by atoms with van der Waals surface area (Å²) in [6.45, 7) is 6.84. The fraction of sp³-hybridized carbons (Fsp3) is 0.533. The highest BCUT2D eigenvalue weighted by atomic mass is 16.5. The summed E-state index contributed by atoms with van der Waals surface area (Å²) in [5.74, 6) is 0.862. The minimum absolute atomic E-state index is 0.0730. The minimum Gasteiger partial charge on any atom is -0.484 e. The Hall–Kier alpha value is -1.55. The molecular weight excluding hydrogens is 240 g/mol. The van der Waals surface area contributed by atoms with Gasteiger partial charge in [-0.05, 0) is 32.5 Å². The molecule has 0 radical (unpaired) electrons. The molecule has 1 aromatic carbocycles. The predicted octanol–water partition coefficient (Wildman–Crippen LogP) is 1.54. The van der Waals surface area contributed by atoms with Crippen LogP contribution < -0.4 is 4.74 Å². The topological polar surface area (TPSA) is 32.8 Å². The lowest BCUT2D eigenvalue weighted by Crippen LogP contribution is -2.53. The first-order valence-corrected chi connectivity index (χ1v) is 6.74. The predicted molar refractivity (Wildman–Crippen MR) is 75.3 cm³/mol. The number of aryl methyl sites for hydroxylation is 1. The Balaban J connectivity index is 1.89. The first kappa shape index (κ1) is 13.9. The lowest BCUT2D eigenvalue weighted by molar-refractivity contribution is -0.137. The Bertz CT molecular complexity index is 448. The molecule has 1 atom stereocenters. The molecule has 1 heterocycles. The summed E-state index contributed by atoms with van der Waals surface area (Å²) in [6, 6.07) is 8.03. The third kappa shape index (κ3) is 3.47. The van der Waals surface area contributed by atoms with Gasteiger partial charge in [-0.15, -0.1) is 0 Å². The number of amides is 1. The highest BCUT2D eigenvalue weighted by molar-refractivity contribution is 5.78. The van der Waals surface area contributed by atoms with Crippen LogP contribution in [0.4, 0.5) is 0 Å². The summed E-state index contributed by atoms with van der Waals surface area (Å²) in [4.78, 5) is 16.3. The Kier molecular flexibility index (Phi) is 4.43. The van der Waals surface area contributed by atoms with Crippen molar-refractivity contribution in [3.8, 4) is 5.75 Å². The van der Waals surface area contributed by atoms with Crippen molar-refractivity contribution < 1.29 is 9.53 Å². The summed E-state index contributed by atoms with van der Waals surface area (Å²) >= 11 is 0. The maximum absolute atomic E-state index is 12.2. The highest BCUT2D eigenvalue weighted by Gasteiger charge is 2.25. The highest BCUT2D eigenvalue weighted by Crippen LogP contribution is 2.16. The van der Waals surface area contributed by atoms with Gasteiger partial charge in [0.1, 0.15) is 5.75 Å². The van der Waals surface area contributed by atoms with Crippen molar-refractivity contribution in [3.63, 3.8) is 0 Å². The molecular formula is C15H22N2O2. The van der Waals surface area contributed by atoms with Crippen LogP contribution in [0.2, 0.25) is 0 Å². The molecule has 0 saturated carbocycles. The van der Waals surface area contributed by atoms with E-state index in [2.05, 4.69) is 18.9 Å². The quantitative estimate of drug-likeness (QED) is 0.828. The number of hydrogen-bond acceptors (Lipinski definition) is 3. The van der Waals surface area contributed by atoms with Crippen molar-refractivity contribution in [2.45, 2.75) is 19.9 Å². The van der Waals surface area contributed by atoms with E-state index in [4.69, 9.17) is 4.74 Å². The standard InChI is InChI=1S/C15H22N2O2/c1-12-6-4-5-7-14(12)19-11-15(18)17-9-8-16(3)10-13(17)2/h4-7,13H,8-11H2,1-3H3. The third-order valence-electron chi connectivity index (χ3n) is 3.60. The maximum atomic E-state index is 12.2. The average molecular weight is 262 g/mol. The third-order valence-corrected chi connectivity index (χ3v) is 3.60. The fourth-order valence-corrected chi connectivity index (χ4v) is 2.45. The molecule has 4 nitrogen and oxygen atoms in total. The summed E-state index contributed by atoms with van der Waals surface area (Å²) in [6.07, 6.45) is 0. The van der Waals surface area contributed by atoms with E-state index in [1.54, 1.807) is 0 Å². The SMILES string of the molecule is Cc1ccccc1OCC(=O)N1CCN(C)CC1C. The largest absolute Gasteiger partial charge is 0.484 e. The van der Waals surface area contributed by atoms with E-state index in [9.17, 15) is 4.79 Å². The first-order valence-electron chi connectivity index (χ1n) is 6.74. The lowest BCUT2D eigenvalue weighted by Gasteiger charge is -2.38. The van der Waals surface area contributed by atoms with Gasteiger partial charge in [0.05, 0.1) is 0 Å². The molecule has 1 unspecified atom stereocenters. The van der Waals surface area contributed by atoms with Gasteiger partial charge >= 0.3 is 0 Å². The molecule has 1 aliphatic heterocycles. The number of likely N-dealkylation sites (N-methyl/N-ethyl adjacent to an activating group) is 1. The number of rotatable bonds is 3. The normalized spacial score (nSPS) is 20.4. The van der Waals surface area contributed by atoms with Crippen LogP contribution in [-0.2, 0) is 4.79 Å². The molecule has 4 heteroatoms. The summed E-state index contributed by atoms with van der Waals surface area (Å²) < 4.78 is 5.62. The Morgan fingerprint density at radius 3 is 2.79 bits per heavy atom. The van der Waals surface area contributed by atoms with Gasteiger partial charge in [-0.25, -0.2) is 0 Å². The molecule has 0 bridgehead atoms. The molecule has 1 saturated heterocycles. The van der Waals surface area contributed by atoms with E-state index in [-0.39, 0.29) is 18.6 Å². The van der Waals surface area contributed by atoms with Gasteiger partial charge in [0.15, 0.2) is 6.61 Å². The lowest BCUT2D eigenvalue weighted by atomic mass is 10.2. The molecule has 1 aromatic rings. The second-order valence-electron chi connectivity index (χ2n) is 5.25. The van der Waals surface area contributed by atoms with Gasteiger partial charge < -0.3 is 14.5 Å².